The molecule has 154 valence electrons. The van der Waals surface area contributed by atoms with Gasteiger partial charge in [-0.25, -0.2) is 9.97 Å². The van der Waals surface area contributed by atoms with E-state index in [2.05, 4.69) is 28.5 Å². The number of aryl methyl sites for hydroxylation is 2. The monoisotopic (exact) mass is 396 g/mol. The summed E-state index contributed by atoms with van der Waals surface area (Å²) in [5.41, 5.74) is 4.91. The minimum atomic E-state index is -0.577. The molecule has 2 atom stereocenters. The first kappa shape index (κ1) is 19.8. The van der Waals surface area contributed by atoms with Crippen LogP contribution in [0.3, 0.4) is 0 Å². The van der Waals surface area contributed by atoms with Crippen molar-refractivity contribution in [2.24, 2.45) is 0 Å². The molecule has 3 heterocycles. The third-order valence-corrected chi connectivity index (χ3v) is 5.62. The molecule has 1 amide bonds. The predicted octanol–water partition coefficient (Wildman–Crippen LogP) is 2.70. The Morgan fingerprint density at radius 2 is 2.14 bits per heavy atom. The first-order chi connectivity index (χ1) is 13.9. The fourth-order valence-corrected chi connectivity index (χ4v) is 4.07. The first-order valence-electron chi connectivity index (χ1n) is 10.3. The summed E-state index contributed by atoms with van der Waals surface area (Å²) in [4.78, 5) is 23.5. The number of rotatable bonds is 4. The van der Waals surface area contributed by atoms with Gasteiger partial charge in [0.2, 0.25) is 11.9 Å². The molecule has 0 bridgehead atoms. The normalized spacial score (nSPS) is 22.0. The van der Waals surface area contributed by atoms with Gasteiger partial charge in [0.25, 0.3) is 0 Å². The molecule has 0 aliphatic carbocycles. The van der Waals surface area contributed by atoms with Gasteiger partial charge in [-0.15, -0.1) is 0 Å². The summed E-state index contributed by atoms with van der Waals surface area (Å²) in [6.07, 6.45) is 3.25. The van der Waals surface area contributed by atoms with Crippen molar-refractivity contribution >= 4 is 17.5 Å². The van der Waals surface area contributed by atoms with Crippen molar-refractivity contribution in [2.45, 2.75) is 58.2 Å². The second-order valence-electron chi connectivity index (χ2n) is 8.11. The number of anilines is 2. The number of aromatic nitrogens is 2. The lowest BCUT2D eigenvalue weighted by Gasteiger charge is -2.33. The lowest BCUT2D eigenvalue weighted by molar-refractivity contribution is -0.119. The van der Waals surface area contributed by atoms with Crippen LogP contribution in [0.4, 0.5) is 11.6 Å². The molecular weight excluding hydrogens is 368 g/mol. The van der Waals surface area contributed by atoms with Crippen LogP contribution in [-0.4, -0.2) is 52.4 Å². The third-order valence-electron chi connectivity index (χ3n) is 5.62. The average molecular weight is 396 g/mol. The van der Waals surface area contributed by atoms with Crippen LogP contribution in [0.1, 0.15) is 37.8 Å². The molecule has 1 aromatic carbocycles. The fourth-order valence-electron chi connectivity index (χ4n) is 4.07. The Balaban J connectivity index is 1.67. The minimum Gasteiger partial charge on any atom is -0.389 e. The summed E-state index contributed by atoms with van der Waals surface area (Å²) in [5.74, 6) is 0.658. The Morgan fingerprint density at radius 3 is 2.90 bits per heavy atom. The highest BCUT2D eigenvalue weighted by Crippen LogP contribution is 2.34. The summed E-state index contributed by atoms with van der Waals surface area (Å²) in [6.45, 7) is 6.98. The van der Waals surface area contributed by atoms with E-state index in [4.69, 9.17) is 9.72 Å². The number of benzene rings is 1. The van der Waals surface area contributed by atoms with Crippen molar-refractivity contribution in [1.82, 2.24) is 9.97 Å². The zero-order valence-electron chi connectivity index (χ0n) is 17.2. The number of aliphatic hydroxyl groups is 1. The molecule has 7 heteroatoms. The zero-order valence-corrected chi connectivity index (χ0v) is 17.2. The molecule has 2 aliphatic heterocycles. The first-order valence-corrected chi connectivity index (χ1v) is 10.3. The van der Waals surface area contributed by atoms with Crippen molar-refractivity contribution in [3.05, 3.63) is 35.5 Å². The average Bonchev–Trinajstić information content (AvgIpc) is 2.70. The zero-order chi connectivity index (χ0) is 20.5. The van der Waals surface area contributed by atoms with Gasteiger partial charge in [-0.2, -0.15) is 0 Å². The van der Waals surface area contributed by atoms with Crippen LogP contribution in [0.5, 0.6) is 0 Å². The van der Waals surface area contributed by atoms with Gasteiger partial charge >= 0.3 is 0 Å². The lowest BCUT2D eigenvalue weighted by atomic mass is 9.96. The molecule has 0 spiro atoms. The Hall–Kier alpha value is -2.51. The van der Waals surface area contributed by atoms with Crippen molar-refractivity contribution < 1.29 is 14.6 Å². The summed E-state index contributed by atoms with van der Waals surface area (Å²) in [7, 11) is 0. The molecule has 0 unspecified atom stereocenters. The number of amides is 1. The van der Waals surface area contributed by atoms with E-state index >= 15 is 0 Å². The Kier molecular flexibility index (Phi) is 5.52. The van der Waals surface area contributed by atoms with Crippen LogP contribution in [0.15, 0.2) is 24.4 Å². The third kappa shape index (κ3) is 3.97. The maximum atomic E-state index is 12.5. The Bertz CT molecular complexity index is 915. The maximum Gasteiger partial charge on any atom is 0.227 e. The fraction of sp³-hybridized carbons (Fsp3) is 0.500. The number of aliphatic hydroxyl groups excluding tert-OH is 1. The van der Waals surface area contributed by atoms with E-state index in [-0.39, 0.29) is 18.0 Å². The van der Waals surface area contributed by atoms with E-state index in [1.165, 1.54) is 5.56 Å². The van der Waals surface area contributed by atoms with E-state index in [9.17, 15) is 9.90 Å². The van der Waals surface area contributed by atoms with E-state index in [0.717, 1.165) is 28.9 Å². The van der Waals surface area contributed by atoms with Crippen LogP contribution >= 0.6 is 0 Å². The molecule has 0 radical (unpaired) electrons. The molecule has 1 fully saturated rings. The van der Waals surface area contributed by atoms with Gasteiger partial charge in [-0.05, 0) is 50.8 Å². The minimum absolute atomic E-state index is 0.107. The number of fused-ring (bicyclic) bond motifs is 1. The molecule has 2 aromatic rings. The standard InChI is InChI=1S/C22H28N4O3/c1-13(2)26-18-10-16(5-4-15(18)6-7-20(26)28)21-14(3)11-23-22(25-21)24-17-8-9-29-12-19(17)27/h4-5,10-11,13,17,19,27H,6-9,12H2,1-3H3,(H,23,24,25)/t17-,19-/m1/s1. The number of hydrogen-bond donors (Lipinski definition) is 2. The van der Waals surface area contributed by atoms with Crippen molar-refractivity contribution in [2.75, 3.05) is 23.4 Å². The summed E-state index contributed by atoms with van der Waals surface area (Å²) in [6, 6.07) is 6.21. The lowest BCUT2D eigenvalue weighted by Crippen LogP contribution is -2.42. The number of carbonyl (C=O) groups is 1. The van der Waals surface area contributed by atoms with Crippen LogP contribution in [0.2, 0.25) is 0 Å². The van der Waals surface area contributed by atoms with Crippen LogP contribution < -0.4 is 10.2 Å². The molecule has 0 saturated carbocycles. The molecule has 2 N–H and O–H groups in total. The SMILES string of the molecule is Cc1cnc(N[C@@H]2CCOC[C@H]2O)nc1-c1ccc2c(c1)N(C(C)C)C(=O)CC2. The molecule has 29 heavy (non-hydrogen) atoms. The van der Waals surface area contributed by atoms with Gasteiger partial charge in [-0.3, -0.25) is 4.79 Å². The molecule has 1 aromatic heterocycles. The summed E-state index contributed by atoms with van der Waals surface area (Å²) < 4.78 is 5.29. The highest BCUT2D eigenvalue weighted by atomic mass is 16.5. The highest BCUT2D eigenvalue weighted by molar-refractivity contribution is 5.97. The second kappa shape index (κ2) is 8.08. The maximum absolute atomic E-state index is 12.5. The molecule has 2 aliphatic rings. The molecular formula is C22H28N4O3. The quantitative estimate of drug-likeness (QED) is 0.826. The van der Waals surface area contributed by atoms with Gasteiger partial charge in [0.15, 0.2) is 0 Å². The van der Waals surface area contributed by atoms with Crippen LogP contribution in [0, 0.1) is 6.92 Å². The van der Waals surface area contributed by atoms with E-state index in [0.29, 0.717) is 32.0 Å². The van der Waals surface area contributed by atoms with Crippen LogP contribution in [0.25, 0.3) is 11.3 Å². The summed E-state index contributed by atoms with van der Waals surface area (Å²) in [5, 5.41) is 13.4. The van der Waals surface area contributed by atoms with Crippen molar-refractivity contribution in [3.8, 4) is 11.3 Å². The van der Waals surface area contributed by atoms with Crippen LogP contribution in [-0.2, 0) is 16.0 Å². The van der Waals surface area contributed by atoms with Gasteiger partial charge in [0, 0.05) is 36.5 Å². The highest BCUT2D eigenvalue weighted by Gasteiger charge is 2.27. The van der Waals surface area contributed by atoms with Crippen molar-refractivity contribution in [1.29, 1.82) is 0 Å². The summed E-state index contributed by atoms with van der Waals surface area (Å²) >= 11 is 0. The molecule has 7 nitrogen and oxygen atoms in total. The Labute approximate surface area is 171 Å². The predicted molar refractivity (Wildman–Crippen MR) is 112 cm³/mol. The number of nitrogens with one attached hydrogen (secondary N) is 1. The van der Waals surface area contributed by atoms with E-state index in [1.54, 1.807) is 6.20 Å². The van der Waals surface area contributed by atoms with E-state index in [1.807, 2.05) is 25.7 Å². The number of nitrogens with zero attached hydrogens (tertiary/aromatic N) is 3. The number of carbonyl (C=O) groups excluding carboxylic acids is 1. The van der Waals surface area contributed by atoms with Gasteiger partial charge < -0.3 is 20.1 Å². The van der Waals surface area contributed by atoms with Gasteiger partial charge in [0.05, 0.1) is 24.4 Å². The molecule has 4 rings (SSSR count). The van der Waals surface area contributed by atoms with Crippen molar-refractivity contribution in [3.63, 3.8) is 0 Å². The second-order valence-corrected chi connectivity index (χ2v) is 8.11. The van der Waals surface area contributed by atoms with E-state index < -0.39 is 6.10 Å². The number of hydrogen-bond acceptors (Lipinski definition) is 6. The Morgan fingerprint density at radius 1 is 1.31 bits per heavy atom. The smallest absolute Gasteiger partial charge is 0.227 e. The largest absolute Gasteiger partial charge is 0.389 e. The van der Waals surface area contributed by atoms with Gasteiger partial charge in [0.1, 0.15) is 0 Å². The number of ether oxygens (including phenoxy) is 1. The topological polar surface area (TPSA) is 87.6 Å². The van der Waals surface area contributed by atoms with Gasteiger partial charge in [-0.1, -0.05) is 12.1 Å². The molecule has 1 saturated heterocycles.